The van der Waals surface area contributed by atoms with Gasteiger partial charge in [0.25, 0.3) is 0 Å². The number of carboxylic acids is 1. The summed E-state index contributed by atoms with van der Waals surface area (Å²) in [5.74, 6) is -2.30. The van der Waals surface area contributed by atoms with Gasteiger partial charge in [-0.05, 0) is 6.92 Å². The van der Waals surface area contributed by atoms with E-state index in [0.717, 1.165) is 0 Å². The van der Waals surface area contributed by atoms with E-state index in [4.69, 9.17) is 0 Å². The van der Waals surface area contributed by atoms with E-state index in [1.807, 2.05) is 0 Å². The van der Waals surface area contributed by atoms with Crippen molar-refractivity contribution < 1.29 is 27.8 Å². The largest absolute Gasteiger partial charge is 0.547 e. The average Bonchev–Trinajstić information content (AvgIpc) is 1.83. The molecule has 0 aliphatic carbocycles. The minimum absolute atomic E-state index is 0.391. The molecule has 0 spiro atoms. The molecule has 0 aliphatic heterocycles. The van der Waals surface area contributed by atoms with Crippen molar-refractivity contribution in [1.29, 1.82) is 0 Å². The number of alkyl halides is 3. The van der Waals surface area contributed by atoms with Gasteiger partial charge in [0.1, 0.15) is 0 Å². The summed E-state index contributed by atoms with van der Waals surface area (Å²) in [4.78, 5) is 9.94. The molecule has 11 heavy (non-hydrogen) atoms. The van der Waals surface area contributed by atoms with Crippen molar-refractivity contribution in [2.24, 2.45) is 0 Å². The number of ether oxygens (including phenoxy) is 1. The smallest absolute Gasteiger partial charge is 0.422 e. The van der Waals surface area contributed by atoms with E-state index < -0.39 is 17.7 Å². The predicted octanol–water partition coefficient (Wildman–Crippen LogP) is -0.296. The van der Waals surface area contributed by atoms with Crippen LogP contribution in [0, 0.1) is 0 Å². The van der Waals surface area contributed by atoms with Gasteiger partial charge in [-0.15, -0.1) is 0 Å². The monoisotopic (exact) mass is 171 g/mol. The third kappa shape index (κ3) is 1.62. The number of aliphatic carboxylic acids is 1. The first-order valence-corrected chi connectivity index (χ1v) is 2.59. The molecule has 0 aromatic rings. The second kappa shape index (κ2) is 2.69. The van der Waals surface area contributed by atoms with Gasteiger partial charge < -0.3 is 14.6 Å². The lowest BCUT2D eigenvalue weighted by Gasteiger charge is -2.30. The maximum atomic E-state index is 11.8. The highest BCUT2D eigenvalue weighted by Gasteiger charge is 2.53. The first-order valence-electron chi connectivity index (χ1n) is 2.59. The molecular weight excluding hydrogens is 165 g/mol. The molecule has 0 aromatic carbocycles. The number of methoxy groups -OCH3 is 1. The fourth-order valence-corrected chi connectivity index (χ4v) is 0.315. The molecule has 0 aliphatic rings. The third-order valence-corrected chi connectivity index (χ3v) is 1.34. The van der Waals surface area contributed by atoms with E-state index in [9.17, 15) is 23.1 Å². The van der Waals surface area contributed by atoms with E-state index in [2.05, 4.69) is 4.74 Å². The molecule has 0 N–H and O–H groups in total. The summed E-state index contributed by atoms with van der Waals surface area (Å²) in [7, 11) is 0.656. The van der Waals surface area contributed by atoms with Crippen LogP contribution in [0.1, 0.15) is 6.92 Å². The number of hydrogen-bond acceptors (Lipinski definition) is 3. The Morgan fingerprint density at radius 3 is 1.82 bits per heavy atom. The SMILES string of the molecule is COC(C)(C(=O)[O-])C(F)(F)F. The first kappa shape index (κ1) is 10.2. The summed E-state index contributed by atoms with van der Waals surface area (Å²) in [6.45, 7) is 0.391. The van der Waals surface area contributed by atoms with Gasteiger partial charge in [-0.25, -0.2) is 0 Å². The van der Waals surface area contributed by atoms with Crippen molar-refractivity contribution in [3.63, 3.8) is 0 Å². The zero-order chi connectivity index (χ0) is 9.28. The Kier molecular flexibility index (Phi) is 2.50. The number of hydrogen-bond donors (Lipinski definition) is 0. The van der Waals surface area contributed by atoms with Crippen molar-refractivity contribution in [1.82, 2.24) is 0 Å². The van der Waals surface area contributed by atoms with Gasteiger partial charge in [0.2, 0.25) is 0 Å². The maximum absolute atomic E-state index is 11.8. The Morgan fingerprint density at radius 1 is 1.45 bits per heavy atom. The minimum Gasteiger partial charge on any atom is -0.547 e. The summed E-state index contributed by atoms with van der Waals surface area (Å²) < 4.78 is 39.2. The second-order valence-electron chi connectivity index (χ2n) is 2.02. The molecular formula is C5H6F3O3-. The van der Waals surface area contributed by atoms with Crippen LogP contribution in [0.15, 0.2) is 0 Å². The lowest BCUT2D eigenvalue weighted by molar-refractivity contribution is -0.354. The highest BCUT2D eigenvalue weighted by Crippen LogP contribution is 2.32. The number of carbonyl (C=O) groups is 1. The van der Waals surface area contributed by atoms with Crippen LogP contribution in [0.4, 0.5) is 13.2 Å². The lowest BCUT2D eigenvalue weighted by atomic mass is 10.1. The van der Waals surface area contributed by atoms with Crippen LogP contribution >= 0.6 is 0 Å². The molecule has 1 atom stereocenters. The molecule has 6 heteroatoms. The van der Waals surface area contributed by atoms with Crippen LogP contribution in [-0.2, 0) is 9.53 Å². The van der Waals surface area contributed by atoms with Crippen molar-refractivity contribution in [3.8, 4) is 0 Å². The molecule has 0 rings (SSSR count). The fourth-order valence-electron chi connectivity index (χ4n) is 0.315. The van der Waals surface area contributed by atoms with Gasteiger partial charge in [0.15, 0.2) is 5.60 Å². The molecule has 0 amide bonds. The van der Waals surface area contributed by atoms with Gasteiger partial charge in [0, 0.05) is 7.11 Å². The van der Waals surface area contributed by atoms with Gasteiger partial charge in [-0.2, -0.15) is 13.2 Å². The minimum atomic E-state index is -4.96. The summed E-state index contributed by atoms with van der Waals surface area (Å²) in [6.07, 6.45) is -4.96. The molecule has 0 saturated carbocycles. The van der Waals surface area contributed by atoms with E-state index in [1.165, 1.54) is 0 Å². The highest BCUT2D eigenvalue weighted by molar-refractivity contribution is 5.75. The van der Waals surface area contributed by atoms with Crippen LogP contribution in [-0.4, -0.2) is 24.9 Å². The standard InChI is InChI=1S/C5H7F3O3/c1-4(11-2,3(9)10)5(6,7)8/h1-2H3,(H,9,10)/p-1. The van der Waals surface area contributed by atoms with Crippen molar-refractivity contribution in [3.05, 3.63) is 0 Å². The highest BCUT2D eigenvalue weighted by atomic mass is 19.4. The van der Waals surface area contributed by atoms with Crippen molar-refractivity contribution in [2.45, 2.75) is 18.7 Å². The fraction of sp³-hybridized carbons (Fsp3) is 0.800. The topological polar surface area (TPSA) is 49.4 Å². The van der Waals surface area contributed by atoms with Gasteiger partial charge in [-0.3, -0.25) is 0 Å². The predicted molar refractivity (Wildman–Crippen MR) is 26.5 cm³/mol. The molecule has 0 heterocycles. The average molecular weight is 171 g/mol. The molecule has 0 radical (unpaired) electrons. The molecule has 0 aromatic heterocycles. The summed E-state index contributed by atoms with van der Waals surface area (Å²) in [5.41, 5.74) is -3.22. The van der Waals surface area contributed by atoms with E-state index in [1.54, 1.807) is 0 Å². The Morgan fingerprint density at radius 2 is 1.82 bits per heavy atom. The van der Waals surface area contributed by atoms with Crippen LogP contribution in [0.5, 0.6) is 0 Å². The molecule has 1 unspecified atom stereocenters. The van der Waals surface area contributed by atoms with Crippen molar-refractivity contribution in [2.75, 3.05) is 7.11 Å². The number of carboxylic acid groups (broad SMARTS) is 1. The van der Waals surface area contributed by atoms with E-state index >= 15 is 0 Å². The second-order valence-corrected chi connectivity index (χ2v) is 2.02. The van der Waals surface area contributed by atoms with Gasteiger partial charge >= 0.3 is 6.18 Å². The normalized spacial score (nSPS) is 17.5. The molecule has 0 bridgehead atoms. The Labute approximate surface area is 60.8 Å². The van der Waals surface area contributed by atoms with E-state index in [0.29, 0.717) is 14.0 Å². The van der Waals surface area contributed by atoms with Gasteiger partial charge in [0.05, 0.1) is 5.97 Å². The Balaban J connectivity index is 4.75. The summed E-state index contributed by atoms with van der Waals surface area (Å²) in [6, 6.07) is 0. The van der Waals surface area contributed by atoms with Crippen molar-refractivity contribution >= 4 is 5.97 Å². The summed E-state index contributed by atoms with van der Waals surface area (Å²) in [5, 5.41) is 9.94. The van der Waals surface area contributed by atoms with Crippen LogP contribution in [0.2, 0.25) is 0 Å². The first-order chi connectivity index (χ1) is 4.75. The molecule has 66 valence electrons. The number of halogens is 3. The quantitative estimate of drug-likeness (QED) is 0.573. The lowest BCUT2D eigenvalue weighted by Crippen LogP contribution is -2.57. The zero-order valence-electron chi connectivity index (χ0n) is 5.86. The molecule has 0 saturated heterocycles. The third-order valence-electron chi connectivity index (χ3n) is 1.34. The molecule has 0 fully saturated rings. The summed E-state index contributed by atoms with van der Waals surface area (Å²) >= 11 is 0. The number of carbonyl (C=O) groups excluding carboxylic acids is 1. The maximum Gasteiger partial charge on any atom is 0.422 e. The zero-order valence-corrected chi connectivity index (χ0v) is 5.86. The van der Waals surface area contributed by atoms with Crippen LogP contribution in [0.3, 0.4) is 0 Å². The Bertz CT molecular complexity index is 165. The van der Waals surface area contributed by atoms with E-state index in [-0.39, 0.29) is 0 Å². The van der Waals surface area contributed by atoms with Crippen LogP contribution < -0.4 is 5.11 Å². The molecule has 3 nitrogen and oxygen atoms in total. The Hall–Kier alpha value is -0.780. The van der Waals surface area contributed by atoms with Crippen LogP contribution in [0.25, 0.3) is 0 Å². The van der Waals surface area contributed by atoms with Gasteiger partial charge in [-0.1, -0.05) is 0 Å². The number of rotatable bonds is 2.